The van der Waals surface area contributed by atoms with E-state index >= 15 is 0 Å². The largest absolute Gasteiger partial charge is 0.459 e. The van der Waals surface area contributed by atoms with Crippen molar-refractivity contribution in [2.75, 3.05) is 5.32 Å². The van der Waals surface area contributed by atoms with Gasteiger partial charge in [0.15, 0.2) is 5.76 Å². The Morgan fingerprint density at radius 2 is 1.93 bits per heavy atom. The van der Waals surface area contributed by atoms with Crippen LogP contribution < -0.4 is 5.32 Å². The molecule has 0 aliphatic rings. The van der Waals surface area contributed by atoms with Gasteiger partial charge in [-0.2, -0.15) is 0 Å². The van der Waals surface area contributed by atoms with Gasteiger partial charge in [0, 0.05) is 16.3 Å². The van der Waals surface area contributed by atoms with Gasteiger partial charge in [0.1, 0.15) is 5.82 Å². The van der Waals surface area contributed by atoms with Crippen molar-refractivity contribution in [1.29, 1.82) is 0 Å². The van der Waals surface area contributed by atoms with E-state index in [1.54, 1.807) is 37.3 Å². The number of furan rings is 1. The van der Waals surface area contributed by atoms with Crippen molar-refractivity contribution in [2.45, 2.75) is 6.92 Å². The monoisotopic (exact) mass is 397 g/mol. The number of nitrogens with one attached hydrogen (secondary N) is 1. The van der Waals surface area contributed by atoms with Crippen LogP contribution in [0.1, 0.15) is 15.9 Å². The van der Waals surface area contributed by atoms with Gasteiger partial charge in [0.25, 0.3) is 17.7 Å². The highest BCUT2D eigenvalue weighted by molar-refractivity contribution is 6.31. The van der Waals surface area contributed by atoms with E-state index < -0.39 is 5.82 Å². The van der Waals surface area contributed by atoms with Gasteiger partial charge < -0.3 is 14.2 Å². The van der Waals surface area contributed by atoms with Crippen LogP contribution in [0.15, 0.2) is 63.6 Å². The van der Waals surface area contributed by atoms with Gasteiger partial charge >= 0.3 is 0 Å². The topological polar surface area (TPSA) is 81.2 Å². The van der Waals surface area contributed by atoms with Gasteiger partial charge in [-0.15, -0.1) is 10.2 Å². The lowest BCUT2D eigenvalue weighted by Gasteiger charge is -2.09. The van der Waals surface area contributed by atoms with Gasteiger partial charge in [-0.25, -0.2) is 4.39 Å². The first-order chi connectivity index (χ1) is 13.5. The minimum Gasteiger partial charge on any atom is -0.459 e. The van der Waals surface area contributed by atoms with Crippen LogP contribution in [0, 0.1) is 12.7 Å². The summed E-state index contributed by atoms with van der Waals surface area (Å²) in [5.41, 5.74) is 1.63. The van der Waals surface area contributed by atoms with Crippen molar-refractivity contribution in [2.24, 2.45) is 0 Å². The van der Waals surface area contributed by atoms with E-state index in [9.17, 15) is 9.18 Å². The number of carbonyl (C=O) groups is 1. The summed E-state index contributed by atoms with van der Waals surface area (Å²) in [6.45, 7) is 1.80. The van der Waals surface area contributed by atoms with E-state index in [0.29, 0.717) is 22.0 Å². The molecule has 0 saturated heterocycles. The molecular weight excluding hydrogens is 385 g/mol. The number of hydrogen-bond donors (Lipinski definition) is 1. The number of rotatable bonds is 4. The molecule has 2 heterocycles. The molecule has 6 nitrogen and oxygen atoms in total. The van der Waals surface area contributed by atoms with Crippen LogP contribution in [0.2, 0.25) is 5.02 Å². The third-order valence-corrected chi connectivity index (χ3v) is 4.29. The van der Waals surface area contributed by atoms with Crippen molar-refractivity contribution in [3.8, 4) is 23.1 Å². The van der Waals surface area contributed by atoms with Gasteiger partial charge in [-0.1, -0.05) is 17.7 Å². The molecule has 1 N–H and O–H groups in total. The van der Waals surface area contributed by atoms with Crippen LogP contribution >= 0.6 is 11.6 Å². The average Bonchev–Trinajstić information content (AvgIpc) is 3.36. The molecule has 1 amide bonds. The Morgan fingerprint density at radius 3 is 2.71 bits per heavy atom. The molecule has 0 bridgehead atoms. The van der Waals surface area contributed by atoms with Gasteiger partial charge in [0.2, 0.25) is 0 Å². The molecule has 0 aliphatic carbocycles. The predicted molar refractivity (Wildman–Crippen MR) is 102 cm³/mol. The van der Waals surface area contributed by atoms with E-state index in [4.69, 9.17) is 20.4 Å². The average molecular weight is 398 g/mol. The smallest absolute Gasteiger partial charge is 0.283 e. The van der Waals surface area contributed by atoms with Crippen molar-refractivity contribution < 1.29 is 18.0 Å². The van der Waals surface area contributed by atoms with E-state index in [1.165, 1.54) is 24.5 Å². The number of nitrogens with zero attached hydrogens (tertiary/aromatic N) is 2. The zero-order valence-corrected chi connectivity index (χ0v) is 15.3. The van der Waals surface area contributed by atoms with Crippen LogP contribution in [0.3, 0.4) is 0 Å². The van der Waals surface area contributed by atoms with Crippen LogP contribution in [0.4, 0.5) is 10.1 Å². The Balaban J connectivity index is 1.62. The van der Waals surface area contributed by atoms with E-state index in [2.05, 4.69) is 15.5 Å². The Kier molecular flexibility index (Phi) is 4.67. The lowest BCUT2D eigenvalue weighted by Crippen LogP contribution is -2.13. The summed E-state index contributed by atoms with van der Waals surface area (Å²) in [5, 5.41) is 10.9. The van der Waals surface area contributed by atoms with Crippen LogP contribution in [-0.2, 0) is 0 Å². The minimum atomic E-state index is -0.563. The number of anilines is 1. The molecule has 2 aromatic heterocycles. The number of halogens is 2. The standard InChI is InChI=1S/C20H13ClFN3O3/c1-11-4-5-12(21)9-14(11)18(26)23-13-6-7-16(22)15(10-13)19-24-25-20(28-19)17-3-2-8-27-17/h2-10H,1H3,(H,23,26). The number of benzene rings is 2. The Hall–Kier alpha value is -3.45. The first-order valence-corrected chi connectivity index (χ1v) is 8.64. The van der Waals surface area contributed by atoms with E-state index in [-0.39, 0.29) is 23.3 Å². The first kappa shape index (κ1) is 17.9. The number of amides is 1. The number of hydrogen-bond acceptors (Lipinski definition) is 5. The first-order valence-electron chi connectivity index (χ1n) is 8.26. The molecule has 8 heteroatoms. The molecule has 2 aromatic carbocycles. The number of aryl methyl sites for hydroxylation is 1. The second-order valence-corrected chi connectivity index (χ2v) is 6.43. The SMILES string of the molecule is Cc1ccc(Cl)cc1C(=O)Nc1ccc(F)c(-c2nnc(-c3ccco3)o2)c1. The molecule has 28 heavy (non-hydrogen) atoms. The highest BCUT2D eigenvalue weighted by atomic mass is 35.5. The molecule has 0 fully saturated rings. The fraction of sp³-hybridized carbons (Fsp3) is 0.0500. The van der Waals surface area contributed by atoms with E-state index in [0.717, 1.165) is 5.56 Å². The molecule has 0 radical (unpaired) electrons. The molecule has 4 aromatic rings. The van der Waals surface area contributed by atoms with Gasteiger partial charge in [-0.05, 0) is 55.0 Å². The molecule has 4 rings (SSSR count). The fourth-order valence-corrected chi connectivity index (χ4v) is 2.81. The molecule has 0 spiro atoms. The molecule has 0 aliphatic heterocycles. The minimum absolute atomic E-state index is 0.0288. The highest BCUT2D eigenvalue weighted by Crippen LogP contribution is 2.28. The van der Waals surface area contributed by atoms with Crippen LogP contribution in [0.25, 0.3) is 23.1 Å². The summed E-state index contributed by atoms with van der Waals surface area (Å²) in [5.74, 6) is -0.451. The van der Waals surface area contributed by atoms with Crippen LogP contribution in [-0.4, -0.2) is 16.1 Å². The third-order valence-electron chi connectivity index (χ3n) is 4.06. The predicted octanol–water partition coefficient (Wildman–Crippen LogP) is 5.35. The lowest BCUT2D eigenvalue weighted by atomic mass is 10.1. The second kappa shape index (κ2) is 7.28. The highest BCUT2D eigenvalue weighted by Gasteiger charge is 2.17. The maximum absolute atomic E-state index is 14.3. The molecular formula is C20H13ClFN3O3. The second-order valence-electron chi connectivity index (χ2n) is 6.00. The molecule has 0 atom stereocenters. The summed E-state index contributed by atoms with van der Waals surface area (Å²) in [6.07, 6.45) is 1.47. The Labute approximate surface area is 164 Å². The summed E-state index contributed by atoms with van der Waals surface area (Å²) in [4.78, 5) is 12.6. The summed E-state index contributed by atoms with van der Waals surface area (Å²) in [6, 6.07) is 12.4. The number of aromatic nitrogens is 2. The summed E-state index contributed by atoms with van der Waals surface area (Å²) < 4.78 is 25.0. The fourth-order valence-electron chi connectivity index (χ4n) is 2.64. The quantitative estimate of drug-likeness (QED) is 0.502. The normalized spacial score (nSPS) is 10.8. The zero-order chi connectivity index (χ0) is 19.7. The lowest BCUT2D eigenvalue weighted by molar-refractivity contribution is 0.102. The third kappa shape index (κ3) is 3.52. The van der Waals surface area contributed by atoms with Gasteiger partial charge in [-0.3, -0.25) is 4.79 Å². The Morgan fingerprint density at radius 1 is 1.11 bits per heavy atom. The van der Waals surface area contributed by atoms with Crippen molar-refractivity contribution in [1.82, 2.24) is 10.2 Å². The zero-order valence-electron chi connectivity index (χ0n) is 14.6. The Bertz CT molecular complexity index is 1160. The number of carbonyl (C=O) groups excluding carboxylic acids is 1. The van der Waals surface area contributed by atoms with Crippen molar-refractivity contribution in [3.05, 3.63) is 76.8 Å². The van der Waals surface area contributed by atoms with Gasteiger partial charge in [0.05, 0.1) is 11.8 Å². The summed E-state index contributed by atoms with van der Waals surface area (Å²) >= 11 is 5.97. The maximum atomic E-state index is 14.3. The van der Waals surface area contributed by atoms with Crippen molar-refractivity contribution in [3.63, 3.8) is 0 Å². The van der Waals surface area contributed by atoms with Crippen LogP contribution in [0.5, 0.6) is 0 Å². The molecule has 0 saturated carbocycles. The van der Waals surface area contributed by atoms with Crippen molar-refractivity contribution >= 4 is 23.2 Å². The summed E-state index contributed by atoms with van der Waals surface area (Å²) in [7, 11) is 0. The van der Waals surface area contributed by atoms with E-state index in [1.807, 2.05) is 0 Å². The molecule has 140 valence electrons. The maximum Gasteiger partial charge on any atom is 0.283 e. The molecule has 0 unspecified atom stereocenters.